The zero-order valence-corrected chi connectivity index (χ0v) is 14.2. The van der Waals surface area contributed by atoms with Gasteiger partial charge in [-0.2, -0.15) is 0 Å². The van der Waals surface area contributed by atoms with Crippen LogP contribution in [0.4, 0.5) is 0 Å². The SMILES string of the molecule is Cc1cn([C@H]2CC(n3nnc(C(N)=O)c3C(N)=O)[C@@H](CO)O2)c(=O)[nH]c1=O. The van der Waals surface area contributed by atoms with Gasteiger partial charge in [0.1, 0.15) is 12.3 Å². The number of nitrogens with zero attached hydrogens (tertiary/aromatic N) is 4. The van der Waals surface area contributed by atoms with Crippen LogP contribution in [-0.2, 0) is 4.74 Å². The fourth-order valence-corrected chi connectivity index (χ4v) is 3.03. The molecule has 2 aromatic rings. The zero-order chi connectivity index (χ0) is 19.9. The molecule has 1 unspecified atom stereocenters. The molecule has 1 saturated heterocycles. The standard InChI is InChI=1S/C14H17N7O6/c1-5-3-20(14(26)17-13(5)25)8-2-6(7(4-22)27-8)21-10(12(16)24)9(11(15)23)18-19-21/h3,6-8,22H,2,4H2,1H3,(H2,15,23)(H2,16,24)(H,17,25,26)/t6?,7-,8-/m1/s1. The van der Waals surface area contributed by atoms with Crippen molar-refractivity contribution in [3.8, 4) is 0 Å². The maximum atomic E-state index is 12.1. The van der Waals surface area contributed by atoms with Crippen LogP contribution in [0.1, 0.15) is 45.2 Å². The Morgan fingerprint density at radius 1 is 1.37 bits per heavy atom. The normalized spacial score (nSPS) is 22.1. The van der Waals surface area contributed by atoms with Crippen LogP contribution >= 0.6 is 0 Å². The molecule has 0 spiro atoms. The average Bonchev–Trinajstić information content (AvgIpc) is 3.21. The summed E-state index contributed by atoms with van der Waals surface area (Å²) in [4.78, 5) is 49.0. The number of aromatic amines is 1. The molecule has 0 saturated carbocycles. The highest BCUT2D eigenvalue weighted by Gasteiger charge is 2.41. The summed E-state index contributed by atoms with van der Waals surface area (Å²) >= 11 is 0. The number of ether oxygens (including phenoxy) is 1. The number of hydrogen-bond donors (Lipinski definition) is 4. The third-order valence-corrected chi connectivity index (χ3v) is 4.32. The minimum atomic E-state index is -0.987. The fourth-order valence-electron chi connectivity index (χ4n) is 3.03. The molecule has 0 aliphatic carbocycles. The Balaban J connectivity index is 2.03. The number of aliphatic hydroxyl groups is 1. The first-order valence-electron chi connectivity index (χ1n) is 7.87. The molecule has 1 fully saturated rings. The molecule has 0 radical (unpaired) electrons. The molecule has 27 heavy (non-hydrogen) atoms. The Hall–Kier alpha value is -3.32. The van der Waals surface area contributed by atoms with E-state index in [1.807, 2.05) is 0 Å². The topological polar surface area (TPSA) is 201 Å². The van der Waals surface area contributed by atoms with Crippen LogP contribution in [0.25, 0.3) is 0 Å². The predicted molar refractivity (Wildman–Crippen MR) is 87.8 cm³/mol. The number of amides is 2. The lowest BCUT2D eigenvalue weighted by Gasteiger charge is -2.17. The average molecular weight is 379 g/mol. The first kappa shape index (κ1) is 18.5. The van der Waals surface area contributed by atoms with Crippen molar-refractivity contribution in [3.63, 3.8) is 0 Å². The van der Waals surface area contributed by atoms with Crippen LogP contribution in [0.15, 0.2) is 15.8 Å². The van der Waals surface area contributed by atoms with E-state index in [0.717, 1.165) is 9.25 Å². The molecule has 6 N–H and O–H groups in total. The van der Waals surface area contributed by atoms with Gasteiger partial charge in [0.05, 0.1) is 12.6 Å². The van der Waals surface area contributed by atoms with Crippen molar-refractivity contribution >= 4 is 11.8 Å². The third-order valence-electron chi connectivity index (χ3n) is 4.32. The van der Waals surface area contributed by atoms with Crippen molar-refractivity contribution in [2.75, 3.05) is 6.61 Å². The molecule has 0 bridgehead atoms. The van der Waals surface area contributed by atoms with Crippen molar-refractivity contribution in [3.05, 3.63) is 44.0 Å². The van der Waals surface area contributed by atoms with E-state index in [9.17, 15) is 24.3 Å². The second-order valence-corrected chi connectivity index (χ2v) is 6.05. The van der Waals surface area contributed by atoms with E-state index in [2.05, 4.69) is 15.3 Å². The number of nitrogens with two attached hydrogens (primary N) is 2. The molecule has 1 aliphatic heterocycles. The molecular formula is C14H17N7O6. The summed E-state index contributed by atoms with van der Waals surface area (Å²) < 4.78 is 7.90. The molecule has 13 heteroatoms. The number of nitrogens with one attached hydrogen (secondary N) is 1. The first-order valence-corrected chi connectivity index (χ1v) is 7.87. The molecule has 3 rings (SSSR count). The number of carbonyl (C=O) groups excluding carboxylic acids is 2. The van der Waals surface area contributed by atoms with Gasteiger partial charge in [0.2, 0.25) is 0 Å². The van der Waals surface area contributed by atoms with Crippen LogP contribution < -0.4 is 22.7 Å². The summed E-state index contributed by atoms with van der Waals surface area (Å²) in [5, 5.41) is 17.0. The number of carbonyl (C=O) groups is 2. The summed E-state index contributed by atoms with van der Waals surface area (Å²) in [5.74, 6) is -1.97. The van der Waals surface area contributed by atoms with Gasteiger partial charge >= 0.3 is 5.69 Å². The van der Waals surface area contributed by atoms with E-state index in [-0.39, 0.29) is 17.7 Å². The van der Waals surface area contributed by atoms with Crippen LogP contribution in [0.3, 0.4) is 0 Å². The van der Waals surface area contributed by atoms with E-state index < -0.39 is 53.7 Å². The first-order chi connectivity index (χ1) is 12.7. The van der Waals surface area contributed by atoms with Gasteiger partial charge in [-0.15, -0.1) is 5.10 Å². The Morgan fingerprint density at radius 2 is 2.07 bits per heavy atom. The third kappa shape index (κ3) is 3.13. The zero-order valence-electron chi connectivity index (χ0n) is 14.2. The molecule has 2 aromatic heterocycles. The van der Waals surface area contributed by atoms with E-state index >= 15 is 0 Å². The lowest BCUT2D eigenvalue weighted by molar-refractivity contribution is -0.0324. The van der Waals surface area contributed by atoms with E-state index in [4.69, 9.17) is 16.2 Å². The van der Waals surface area contributed by atoms with Crippen LogP contribution in [0.2, 0.25) is 0 Å². The highest BCUT2D eigenvalue weighted by atomic mass is 16.5. The Labute approximate surface area is 150 Å². The van der Waals surface area contributed by atoms with Crippen molar-refractivity contribution in [1.29, 1.82) is 0 Å². The van der Waals surface area contributed by atoms with Crippen molar-refractivity contribution < 1.29 is 19.4 Å². The summed E-state index contributed by atoms with van der Waals surface area (Å²) in [5.41, 5.74) is 8.84. The molecule has 0 aromatic carbocycles. The molecule has 1 aliphatic rings. The molecule has 2 amide bonds. The number of H-pyrrole nitrogens is 1. The Morgan fingerprint density at radius 3 is 2.67 bits per heavy atom. The molecule has 144 valence electrons. The number of aryl methyl sites for hydroxylation is 1. The van der Waals surface area contributed by atoms with Crippen LogP contribution in [0, 0.1) is 6.92 Å². The highest BCUT2D eigenvalue weighted by Crippen LogP contribution is 2.36. The highest BCUT2D eigenvalue weighted by molar-refractivity contribution is 6.03. The summed E-state index contributed by atoms with van der Waals surface area (Å²) in [6, 6.07) is -0.762. The lowest BCUT2D eigenvalue weighted by atomic mass is 10.1. The smallest absolute Gasteiger partial charge is 0.330 e. The van der Waals surface area contributed by atoms with Gasteiger partial charge in [-0.1, -0.05) is 5.21 Å². The monoisotopic (exact) mass is 379 g/mol. The Kier molecular flexibility index (Phi) is 4.63. The van der Waals surface area contributed by atoms with Crippen molar-refractivity contribution in [1.82, 2.24) is 24.5 Å². The van der Waals surface area contributed by atoms with Crippen LogP contribution in [0.5, 0.6) is 0 Å². The Bertz CT molecular complexity index is 1020. The van der Waals surface area contributed by atoms with Gasteiger partial charge in [-0.05, 0) is 6.92 Å². The number of aromatic nitrogens is 5. The summed E-state index contributed by atoms with van der Waals surface area (Å²) in [6.07, 6.45) is -0.335. The number of primary amides is 2. The fraction of sp³-hybridized carbons (Fsp3) is 0.429. The summed E-state index contributed by atoms with van der Waals surface area (Å²) in [7, 11) is 0. The molecule has 3 atom stereocenters. The van der Waals surface area contributed by atoms with Crippen molar-refractivity contribution in [2.24, 2.45) is 11.5 Å². The van der Waals surface area contributed by atoms with E-state index in [1.54, 1.807) is 0 Å². The maximum absolute atomic E-state index is 12.1. The second-order valence-electron chi connectivity index (χ2n) is 6.05. The van der Waals surface area contributed by atoms with Gasteiger partial charge in [0, 0.05) is 18.2 Å². The number of rotatable bonds is 5. The van der Waals surface area contributed by atoms with E-state index in [0.29, 0.717) is 0 Å². The number of aliphatic hydroxyl groups excluding tert-OH is 1. The van der Waals surface area contributed by atoms with Gasteiger partial charge in [0.15, 0.2) is 11.4 Å². The van der Waals surface area contributed by atoms with Gasteiger partial charge in [-0.3, -0.25) is 23.9 Å². The quantitative estimate of drug-likeness (QED) is 0.425. The summed E-state index contributed by atoms with van der Waals surface area (Å²) in [6.45, 7) is 1.05. The molecule has 3 heterocycles. The molecular weight excluding hydrogens is 362 g/mol. The lowest BCUT2D eigenvalue weighted by Crippen LogP contribution is -2.33. The molecule has 13 nitrogen and oxygen atoms in total. The minimum absolute atomic E-state index is 0.0818. The van der Waals surface area contributed by atoms with Gasteiger partial charge < -0.3 is 21.3 Å². The largest absolute Gasteiger partial charge is 0.394 e. The predicted octanol–water partition coefficient (Wildman–Crippen LogP) is -2.84. The van der Waals surface area contributed by atoms with Gasteiger partial charge in [-0.25, -0.2) is 9.48 Å². The van der Waals surface area contributed by atoms with Crippen molar-refractivity contribution in [2.45, 2.75) is 31.7 Å². The maximum Gasteiger partial charge on any atom is 0.330 e. The minimum Gasteiger partial charge on any atom is -0.394 e. The second kappa shape index (κ2) is 6.77. The van der Waals surface area contributed by atoms with Gasteiger partial charge in [0.25, 0.3) is 17.4 Å². The van der Waals surface area contributed by atoms with E-state index in [1.165, 1.54) is 13.1 Å². The van der Waals surface area contributed by atoms with Crippen LogP contribution in [-0.4, -0.2) is 54.2 Å². The number of hydrogen-bond acceptors (Lipinski definition) is 8.